The third-order valence-corrected chi connectivity index (χ3v) is 3.12. The second kappa shape index (κ2) is 6.73. The van der Waals surface area contributed by atoms with Gasteiger partial charge in [-0.3, -0.25) is 4.79 Å². The predicted octanol–water partition coefficient (Wildman–Crippen LogP) is 4.32. The van der Waals surface area contributed by atoms with E-state index in [9.17, 15) is 9.18 Å². The van der Waals surface area contributed by atoms with E-state index in [0.29, 0.717) is 16.3 Å². The Morgan fingerprint density at radius 3 is 2.65 bits per heavy atom. The first kappa shape index (κ1) is 14.8. The fraction of sp³-hybridized carbons (Fsp3) is 0.133. The normalized spacial score (nSPS) is 10.3. The summed E-state index contributed by atoms with van der Waals surface area (Å²) in [7, 11) is 0. The molecule has 2 rings (SSSR count). The average molecular weight is 313 g/mol. The lowest BCUT2D eigenvalue weighted by Gasteiger charge is -2.06. The van der Waals surface area contributed by atoms with Crippen molar-refractivity contribution in [3.63, 3.8) is 0 Å². The molecule has 0 saturated heterocycles. The molecular formula is C15H11Cl2FO2. The van der Waals surface area contributed by atoms with Crippen molar-refractivity contribution in [3.05, 3.63) is 63.9 Å². The topological polar surface area (TPSA) is 26.3 Å². The molecule has 0 unspecified atom stereocenters. The van der Waals surface area contributed by atoms with Gasteiger partial charge in [0.1, 0.15) is 18.2 Å². The summed E-state index contributed by atoms with van der Waals surface area (Å²) in [5.74, 6) is -0.174. The predicted molar refractivity (Wildman–Crippen MR) is 77.1 cm³/mol. The molecule has 0 aliphatic rings. The first-order chi connectivity index (χ1) is 9.54. The molecule has 0 amide bonds. The average Bonchev–Trinajstić information content (AvgIpc) is 2.41. The third kappa shape index (κ3) is 4.22. The number of ether oxygens (including phenoxy) is 1. The molecular weight excluding hydrogens is 302 g/mol. The Bertz CT molecular complexity index is 629. The zero-order valence-electron chi connectivity index (χ0n) is 10.4. The number of carbonyl (C=O) groups is 1. The van der Waals surface area contributed by atoms with E-state index < -0.39 is 5.82 Å². The monoisotopic (exact) mass is 312 g/mol. The molecule has 0 aromatic heterocycles. The van der Waals surface area contributed by atoms with Crippen molar-refractivity contribution in [2.45, 2.75) is 6.42 Å². The minimum Gasteiger partial charge on any atom is -0.486 e. The van der Waals surface area contributed by atoms with Crippen LogP contribution in [-0.2, 0) is 11.2 Å². The summed E-state index contributed by atoms with van der Waals surface area (Å²) < 4.78 is 18.6. The third-order valence-electron chi connectivity index (χ3n) is 2.58. The number of carbonyl (C=O) groups excluding carboxylic acids is 1. The van der Waals surface area contributed by atoms with E-state index in [1.807, 2.05) is 0 Å². The number of halogens is 3. The van der Waals surface area contributed by atoms with Crippen molar-refractivity contribution in [2.24, 2.45) is 0 Å². The van der Waals surface area contributed by atoms with Gasteiger partial charge in [-0.15, -0.1) is 0 Å². The highest BCUT2D eigenvalue weighted by Crippen LogP contribution is 2.18. The number of rotatable bonds is 5. The molecule has 0 N–H and O–H groups in total. The highest BCUT2D eigenvalue weighted by Gasteiger charge is 2.08. The van der Waals surface area contributed by atoms with E-state index >= 15 is 0 Å². The Balaban J connectivity index is 1.91. The maximum atomic E-state index is 13.2. The minimum absolute atomic E-state index is 0.0383. The van der Waals surface area contributed by atoms with Crippen LogP contribution < -0.4 is 4.74 Å². The second-order valence-corrected chi connectivity index (χ2v) is 5.05. The van der Waals surface area contributed by atoms with Gasteiger partial charge in [-0.2, -0.15) is 0 Å². The summed E-state index contributed by atoms with van der Waals surface area (Å²) in [6.45, 7) is -0.0927. The number of hydrogen-bond acceptors (Lipinski definition) is 2. The van der Waals surface area contributed by atoms with Gasteiger partial charge in [-0.05, 0) is 35.9 Å². The highest BCUT2D eigenvalue weighted by molar-refractivity contribution is 6.31. The Morgan fingerprint density at radius 1 is 1.15 bits per heavy atom. The first-order valence-corrected chi connectivity index (χ1v) is 6.64. The SMILES string of the molecule is O=C(COc1cccc(Cl)c1)Cc1ccc(Cl)c(F)c1. The van der Waals surface area contributed by atoms with Crippen LogP contribution in [-0.4, -0.2) is 12.4 Å². The molecule has 0 aliphatic carbocycles. The molecule has 20 heavy (non-hydrogen) atoms. The lowest BCUT2D eigenvalue weighted by atomic mass is 10.1. The van der Waals surface area contributed by atoms with E-state index in [1.54, 1.807) is 30.3 Å². The maximum absolute atomic E-state index is 13.2. The maximum Gasteiger partial charge on any atom is 0.174 e. The van der Waals surface area contributed by atoms with Crippen molar-refractivity contribution in [1.29, 1.82) is 0 Å². The van der Waals surface area contributed by atoms with Gasteiger partial charge in [-0.25, -0.2) is 4.39 Å². The molecule has 2 nitrogen and oxygen atoms in total. The molecule has 0 heterocycles. The largest absolute Gasteiger partial charge is 0.486 e. The van der Waals surface area contributed by atoms with Crippen LogP contribution in [0, 0.1) is 5.82 Å². The quantitative estimate of drug-likeness (QED) is 0.821. The molecule has 0 fully saturated rings. The Morgan fingerprint density at radius 2 is 1.95 bits per heavy atom. The van der Waals surface area contributed by atoms with Crippen molar-refractivity contribution < 1.29 is 13.9 Å². The van der Waals surface area contributed by atoms with Gasteiger partial charge in [0, 0.05) is 11.4 Å². The van der Waals surface area contributed by atoms with Crippen molar-refractivity contribution in [1.82, 2.24) is 0 Å². The fourth-order valence-corrected chi connectivity index (χ4v) is 1.95. The standard InChI is InChI=1S/C15H11Cl2FO2/c16-11-2-1-3-13(8-11)20-9-12(19)6-10-4-5-14(17)15(18)7-10/h1-5,7-8H,6,9H2. The lowest BCUT2D eigenvalue weighted by molar-refractivity contribution is -0.120. The summed E-state index contributed by atoms with van der Waals surface area (Å²) in [6.07, 6.45) is 0.0919. The highest BCUT2D eigenvalue weighted by atomic mass is 35.5. The van der Waals surface area contributed by atoms with Gasteiger partial charge in [0.2, 0.25) is 0 Å². The summed E-state index contributed by atoms with van der Waals surface area (Å²) in [4.78, 5) is 11.8. The van der Waals surface area contributed by atoms with E-state index in [4.69, 9.17) is 27.9 Å². The summed E-state index contributed by atoms with van der Waals surface area (Å²) >= 11 is 11.4. The van der Waals surface area contributed by atoms with Gasteiger partial charge in [-0.1, -0.05) is 35.3 Å². The Hall–Kier alpha value is -1.58. The van der Waals surface area contributed by atoms with Crippen molar-refractivity contribution in [2.75, 3.05) is 6.61 Å². The molecule has 2 aromatic rings. The molecule has 0 saturated carbocycles. The minimum atomic E-state index is -0.535. The van der Waals surface area contributed by atoms with Crippen LogP contribution in [0.1, 0.15) is 5.56 Å². The van der Waals surface area contributed by atoms with Crippen LogP contribution in [0.4, 0.5) is 4.39 Å². The van der Waals surface area contributed by atoms with Gasteiger partial charge in [0.15, 0.2) is 5.78 Å². The lowest BCUT2D eigenvalue weighted by Crippen LogP contribution is -2.13. The van der Waals surface area contributed by atoms with E-state index in [1.165, 1.54) is 12.1 Å². The van der Waals surface area contributed by atoms with Gasteiger partial charge >= 0.3 is 0 Å². The van der Waals surface area contributed by atoms with Crippen LogP contribution in [0.5, 0.6) is 5.75 Å². The van der Waals surface area contributed by atoms with E-state index in [0.717, 1.165) is 0 Å². The molecule has 0 spiro atoms. The Kier molecular flexibility index (Phi) is 4.99. The molecule has 0 bridgehead atoms. The molecule has 5 heteroatoms. The second-order valence-electron chi connectivity index (χ2n) is 4.21. The van der Waals surface area contributed by atoms with Gasteiger partial charge in [0.05, 0.1) is 5.02 Å². The molecule has 0 radical (unpaired) electrons. The number of ketones is 1. The molecule has 0 aliphatic heterocycles. The Labute approximate surface area is 126 Å². The first-order valence-electron chi connectivity index (χ1n) is 5.88. The summed E-state index contributed by atoms with van der Waals surface area (Å²) in [6, 6.07) is 11.1. The van der Waals surface area contributed by atoms with Crippen LogP contribution >= 0.6 is 23.2 Å². The molecule has 104 valence electrons. The van der Waals surface area contributed by atoms with Crippen LogP contribution in [0.2, 0.25) is 10.0 Å². The van der Waals surface area contributed by atoms with Crippen LogP contribution in [0.3, 0.4) is 0 Å². The zero-order chi connectivity index (χ0) is 14.5. The van der Waals surface area contributed by atoms with Crippen molar-refractivity contribution >= 4 is 29.0 Å². The van der Waals surface area contributed by atoms with Crippen LogP contribution in [0.25, 0.3) is 0 Å². The molecule has 0 atom stereocenters. The number of benzene rings is 2. The summed E-state index contributed by atoms with van der Waals surface area (Å²) in [5, 5.41) is 0.575. The number of hydrogen-bond donors (Lipinski definition) is 0. The van der Waals surface area contributed by atoms with Gasteiger partial charge in [0.25, 0.3) is 0 Å². The fourth-order valence-electron chi connectivity index (χ4n) is 1.65. The summed E-state index contributed by atoms with van der Waals surface area (Å²) in [5.41, 5.74) is 0.562. The zero-order valence-corrected chi connectivity index (χ0v) is 11.9. The van der Waals surface area contributed by atoms with E-state index in [-0.39, 0.29) is 23.8 Å². The van der Waals surface area contributed by atoms with Crippen LogP contribution in [0.15, 0.2) is 42.5 Å². The smallest absolute Gasteiger partial charge is 0.174 e. The van der Waals surface area contributed by atoms with Gasteiger partial charge < -0.3 is 4.74 Å². The van der Waals surface area contributed by atoms with E-state index in [2.05, 4.69) is 0 Å². The van der Waals surface area contributed by atoms with Crippen molar-refractivity contribution in [3.8, 4) is 5.75 Å². The molecule has 2 aromatic carbocycles. The number of Topliss-reactive ketones (excluding diaryl/α,β-unsaturated/α-hetero) is 1.